The predicted molar refractivity (Wildman–Crippen MR) is 124 cm³/mol. The number of allylic oxidation sites excluding steroid dienone is 1. The molecule has 0 saturated carbocycles. The van der Waals surface area contributed by atoms with Crippen LogP contribution in [0.4, 0.5) is 0 Å². The van der Waals surface area contributed by atoms with Gasteiger partial charge in [-0.05, 0) is 47.4 Å². The van der Waals surface area contributed by atoms with Crippen LogP contribution in [0.25, 0.3) is 10.8 Å². The van der Waals surface area contributed by atoms with Gasteiger partial charge in [-0.2, -0.15) is 0 Å². The molecule has 0 unspecified atom stereocenters. The van der Waals surface area contributed by atoms with Crippen molar-refractivity contribution in [1.29, 1.82) is 0 Å². The lowest BCUT2D eigenvalue weighted by Crippen LogP contribution is -2.08. The van der Waals surface area contributed by atoms with Crippen LogP contribution in [0.1, 0.15) is 22.5 Å². The van der Waals surface area contributed by atoms with Crippen LogP contribution in [0.3, 0.4) is 0 Å². The molecule has 4 nitrogen and oxygen atoms in total. The molecule has 0 aliphatic rings. The van der Waals surface area contributed by atoms with Crippen LogP contribution in [-0.2, 0) is 18.9 Å². The van der Waals surface area contributed by atoms with Crippen molar-refractivity contribution in [3.8, 4) is 5.75 Å². The summed E-state index contributed by atoms with van der Waals surface area (Å²) >= 11 is 1.69. The number of benzene rings is 3. The highest BCUT2D eigenvalue weighted by Crippen LogP contribution is 2.27. The number of thioether (sulfide) groups is 1. The molecule has 152 valence electrons. The monoisotopic (exact) mass is 415 g/mol. The van der Waals surface area contributed by atoms with E-state index in [1.807, 2.05) is 18.2 Å². The van der Waals surface area contributed by atoms with E-state index in [1.165, 1.54) is 21.9 Å². The number of nitrogens with zero attached hydrogens (tertiary/aromatic N) is 3. The minimum absolute atomic E-state index is 0.375. The van der Waals surface area contributed by atoms with Gasteiger partial charge in [-0.1, -0.05) is 72.4 Å². The molecule has 0 fully saturated rings. The molecular formula is C25H25N3OS. The molecule has 30 heavy (non-hydrogen) atoms. The predicted octanol–water partition coefficient (Wildman–Crippen LogP) is 6.11. The minimum atomic E-state index is 0.375. The first-order valence-electron chi connectivity index (χ1n) is 9.99. The van der Waals surface area contributed by atoms with E-state index >= 15 is 0 Å². The van der Waals surface area contributed by atoms with Crippen LogP contribution in [0, 0.1) is 13.8 Å². The largest absolute Gasteiger partial charge is 0.485 e. The summed E-state index contributed by atoms with van der Waals surface area (Å²) in [5, 5.41) is 12.2. The molecule has 0 spiro atoms. The fourth-order valence-corrected chi connectivity index (χ4v) is 4.40. The fraction of sp³-hybridized carbons (Fsp3) is 0.200. The van der Waals surface area contributed by atoms with Gasteiger partial charge < -0.3 is 4.74 Å². The maximum absolute atomic E-state index is 6.06. The van der Waals surface area contributed by atoms with E-state index in [4.69, 9.17) is 4.74 Å². The van der Waals surface area contributed by atoms with Crippen molar-refractivity contribution in [2.45, 2.75) is 37.9 Å². The van der Waals surface area contributed by atoms with Crippen molar-refractivity contribution >= 4 is 22.5 Å². The number of aryl methyl sites for hydroxylation is 1. The van der Waals surface area contributed by atoms with E-state index in [1.54, 1.807) is 11.8 Å². The first-order valence-corrected chi connectivity index (χ1v) is 11.0. The number of hydrogen-bond acceptors (Lipinski definition) is 4. The molecule has 0 bridgehead atoms. The second kappa shape index (κ2) is 9.18. The zero-order valence-corrected chi connectivity index (χ0v) is 18.2. The zero-order valence-electron chi connectivity index (χ0n) is 17.3. The van der Waals surface area contributed by atoms with Crippen LogP contribution in [-0.4, -0.2) is 14.8 Å². The van der Waals surface area contributed by atoms with E-state index in [2.05, 4.69) is 83.7 Å². The SMILES string of the molecule is C=CCn1c(COc2cccc(C)c2C)nnc1SCc1cccc2ccccc12. The Balaban J connectivity index is 1.52. The summed E-state index contributed by atoms with van der Waals surface area (Å²) in [6.45, 7) is 9.08. The van der Waals surface area contributed by atoms with Gasteiger partial charge in [-0.25, -0.2) is 0 Å². The van der Waals surface area contributed by atoms with Crippen LogP contribution in [0.2, 0.25) is 0 Å². The molecule has 0 aliphatic carbocycles. The first kappa shape index (κ1) is 20.2. The summed E-state index contributed by atoms with van der Waals surface area (Å²) in [5.74, 6) is 2.51. The quantitative estimate of drug-likeness (QED) is 0.257. The number of rotatable bonds is 8. The Kier molecular flexibility index (Phi) is 6.19. The Labute approximate surface area is 181 Å². The van der Waals surface area contributed by atoms with Crippen LogP contribution in [0.15, 0.2) is 78.5 Å². The van der Waals surface area contributed by atoms with Crippen molar-refractivity contribution in [2.24, 2.45) is 0 Å². The summed E-state index contributed by atoms with van der Waals surface area (Å²) in [5.41, 5.74) is 3.66. The van der Waals surface area contributed by atoms with Crippen molar-refractivity contribution < 1.29 is 4.74 Å². The molecule has 4 rings (SSSR count). The van der Waals surface area contributed by atoms with Crippen molar-refractivity contribution in [1.82, 2.24) is 14.8 Å². The third-order valence-electron chi connectivity index (χ3n) is 5.25. The Hall–Kier alpha value is -3.05. The van der Waals surface area contributed by atoms with Crippen LogP contribution >= 0.6 is 11.8 Å². The molecule has 1 heterocycles. The van der Waals surface area contributed by atoms with Gasteiger partial charge in [0.2, 0.25) is 0 Å². The second-order valence-corrected chi connectivity index (χ2v) is 8.15. The van der Waals surface area contributed by atoms with Crippen molar-refractivity contribution in [3.05, 3.63) is 95.8 Å². The van der Waals surface area contributed by atoms with Gasteiger partial charge in [0.1, 0.15) is 12.4 Å². The molecule has 0 saturated heterocycles. The van der Waals surface area contributed by atoms with Crippen molar-refractivity contribution in [3.63, 3.8) is 0 Å². The van der Waals surface area contributed by atoms with Gasteiger partial charge in [-0.15, -0.1) is 16.8 Å². The molecule has 0 amide bonds. The highest BCUT2D eigenvalue weighted by atomic mass is 32.2. The molecule has 5 heteroatoms. The number of hydrogen-bond donors (Lipinski definition) is 0. The van der Waals surface area contributed by atoms with E-state index < -0.39 is 0 Å². The average Bonchev–Trinajstić information content (AvgIpc) is 3.15. The van der Waals surface area contributed by atoms with Gasteiger partial charge >= 0.3 is 0 Å². The number of aromatic nitrogens is 3. The summed E-state index contributed by atoms with van der Waals surface area (Å²) in [4.78, 5) is 0. The summed E-state index contributed by atoms with van der Waals surface area (Å²) in [6.07, 6.45) is 1.87. The molecule has 1 aromatic heterocycles. The molecule has 0 N–H and O–H groups in total. The lowest BCUT2D eigenvalue weighted by Gasteiger charge is -2.12. The summed E-state index contributed by atoms with van der Waals surface area (Å²) < 4.78 is 8.13. The average molecular weight is 416 g/mol. The van der Waals surface area contributed by atoms with E-state index in [-0.39, 0.29) is 0 Å². The zero-order chi connectivity index (χ0) is 20.9. The van der Waals surface area contributed by atoms with Gasteiger partial charge in [-0.3, -0.25) is 4.57 Å². The van der Waals surface area contributed by atoms with Gasteiger partial charge in [0, 0.05) is 12.3 Å². The summed E-state index contributed by atoms with van der Waals surface area (Å²) in [6, 6.07) is 21.0. The van der Waals surface area contributed by atoms with Gasteiger partial charge in [0.25, 0.3) is 0 Å². The highest BCUT2D eigenvalue weighted by molar-refractivity contribution is 7.98. The molecule has 3 aromatic carbocycles. The highest BCUT2D eigenvalue weighted by Gasteiger charge is 2.14. The van der Waals surface area contributed by atoms with Gasteiger partial charge in [0.15, 0.2) is 11.0 Å². The number of ether oxygens (including phenoxy) is 1. The standard InChI is InChI=1S/C25H25N3OS/c1-4-15-28-24(16-29-23-14-7-9-18(2)19(23)3)26-27-25(28)30-17-21-12-8-11-20-10-5-6-13-22(20)21/h4-14H,1,15-17H2,2-3H3. The van der Waals surface area contributed by atoms with Crippen LogP contribution < -0.4 is 4.74 Å². The second-order valence-electron chi connectivity index (χ2n) is 7.21. The molecule has 4 aromatic rings. The maximum Gasteiger partial charge on any atom is 0.191 e. The Morgan fingerprint density at radius 3 is 2.67 bits per heavy atom. The number of fused-ring (bicyclic) bond motifs is 1. The van der Waals surface area contributed by atoms with E-state index in [0.29, 0.717) is 13.2 Å². The molecular weight excluding hydrogens is 390 g/mol. The summed E-state index contributed by atoms with van der Waals surface area (Å²) in [7, 11) is 0. The lowest BCUT2D eigenvalue weighted by molar-refractivity contribution is 0.287. The Bertz CT molecular complexity index is 1180. The normalized spacial score (nSPS) is 11.0. The molecule has 0 aliphatic heterocycles. The third kappa shape index (κ3) is 4.26. The lowest BCUT2D eigenvalue weighted by atomic mass is 10.1. The molecule has 0 atom stereocenters. The minimum Gasteiger partial charge on any atom is -0.485 e. The Morgan fingerprint density at radius 2 is 1.80 bits per heavy atom. The van der Waals surface area contributed by atoms with Gasteiger partial charge in [0.05, 0.1) is 0 Å². The maximum atomic E-state index is 6.06. The van der Waals surface area contributed by atoms with Crippen LogP contribution in [0.5, 0.6) is 5.75 Å². The van der Waals surface area contributed by atoms with Crippen molar-refractivity contribution in [2.75, 3.05) is 0 Å². The van der Waals surface area contributed by atoms with E-state index in [0.717, 1.165) is 28.0 Å². The van der Waals surface area contributed by atoms with E-state index in [9.17, 15) is 0 Å². The first-order chi connectivity index (χ1) is 14.7. The topological polar surface area (TPSA) is 39.9 Å². The third-order valence-corrected chi connectivity index (χ3v) is 6.27. The Morgan fingerprint density at radius 1 is 1.00 bits per heavy atom. The smallest absolute Gasteiger partial charge is 0.191 e. The molecule has 0 radical (unpaired) electrons. The fourth-order valence-electron chi connectivity index (χ4n) is 3.43.